The number of nitrogens with one attached hydrogen (secondary N) is 1. The van der Waals surface area contributed by atoms with Crippen molar-refractivity contribution < 1.29 is 0 Å². The molecular formula is C13H19N. The molecule has 14 heavy (non-hydrogen) atoms. The topological polar surface area (TPSA) is 12.0 Å². The highest BCUT2D eigenvalue weighted by Crippen LogP contribution is 2.27. The molecular weight excluding hydrogens is 170 g/mol. The molecule has 1 N–H and O–H groups in total. The molecule has 1 aliphatic carbocycles. The summed E-state index contributed by atoms with van der Waals surface area (Å²) in [4.78, 5) is 0. The van der Waals surface area contributed by atoms with Gasteiger partial charge in [-0.3, -0.25) is 0 Å². The Morgan fingerprint density at radius 2 is 2.07 bits per heavy atom. The normalized spacial score (nSPS) is 15.9. The van der Waals surface area contributed by atoms with E-state index < -0.39 is 0 Å². The number of rotatable bonds is 4. The van der Waals surface area contributed by atoms with Gasteiger partial charge in [-0.05, 0) is 50.3 Å². The van der Waals surface area contributed by atoms with Gasteiger partial charge in [0.25, 0.3) is 0 Å². The van der Waals surface area contributed by atoms with E-state index in [9.17, 15) is 0 Å². The van der Waals surface area contributed by atoms with E-state index in [0.29, 0.717) is 0 Å². The van der Waals surface area contributed by atoms with Crippen LogP contribution < -0.4 is 5.32 Å². The summed E-state index contributed by atoms with van der Waals surface area (Å²) in [7, 11) is 0. The molecule has 1 heteroatoms. The summed E-state index contributed by atoms with van der Waals surface area (Å²) in [6.45, 7) is 6.58. The Kier molecular flexibility index (Phi) is 2.87. The summed E-state index contributed by atoms with van der Waals surface area (Å²) in [5, 5.41) is 3.53. The minimum Gasteiger partial charge on any atom is -0.312 e. The quantitative estimate of drug-likeness (QED) is 0.768. The van der Waals surface area contributed by atoms with Crippen LogP contribution in [0.1, 0.15) is 29.5 Å². The Morgan fingerprint density at radius 3 is 2.79 bits per heavy atom. The zero-order valence-electron chi connectivity index (χ0n) is 9.14. The van der Waals surface area contributed by atoms with Crippen LogP contribution in [-0.4, -0.2) is 6.54 Å². The van der Waals surface area contributed by atoms with E-state index in [1.165, 1.54) is 36.1 Å². The van der Waals surface area contributed by atoms with E-state index in [4.69, 9.17) is 0 Å². The van der Waals surface area contributed by atoms with Crippen LogP contribution in [0.4, 0.5) is 0 Å². The molecule has 0 bridgehead atoms. The molecule has 1 fully saturated rings. The Balaban J connectivity index is 1.89. The molecule has 0 saturated heterocycles. The molecule has 0 aliphatic heterocycles. The van der Waals surface area contributed by atoms with Crippen LogP contribution in [0.2, 0.25) is 0 Å². The maximum atomic E-state index is 3.53. The third-order valence-corrected chi connectivity index (χ3v) is 2.95. The fourth-order valence-corrected chi connectivity index (χ4v) is 1.72. The van der Waals surface area contributed by atoms with Crippen molar-refractivity contribution in [2.24, 2.45) is 5.92 Å². The van der Waals surface area contributed by atoms with E-state index in [1.54, 1.807) is 0 Å². The van der Waals surface area contributed by atoms with Crippen molar-refractivity contribution in [3.8, 4) is 0 Å². The molecule has 0 heterocycles. The Labute approximate surface area is 86.5 Å². The monoisotopic (exact) mass is 189 g/mol. The van der Waals surface area contributed by atoms with Crippen molar-refractivity contribution in [1.29, 1.82) is 0 Å². The molecule has 0 radical (unpaired) electrons. The standard InChI is InChI=1S/C13H19N/c1-10-3-4-11(2)13(7-10)9-14-8-12-5-6-12/h3-4,7,12,14H,5-6,8-9H2,1-2H3. The first-order chi connectivity index (χ1) is 6.75. The predicted octanol–water partition coefficient (Wildman–Crippen LogP) is 2.80. The van der Waals surface area contributed by atoms with Crippen LogP contribution in [0.3, 0.4) is 0 Å². The largest absolute Gasteiger partial charge is 0.312 e. The van der Waals surface area contributed by atoms with Gasteiger partial charge in [-0.2, -0.15) is 0 Å². The van der Waals surface area contributed by atoms with Crippen molar-refractivity contribution in [3.05, 3.63) is 34.9 Å². The number of hydrogen-bond acceptors (Lipinski definition) is 1. The summed E-state index contributed by atoms with van der Waals surface area (Å²) in [5.74, 6) is 0.972. The molecule has 76 valence electrons. The van der Waals surface area contributed by atoms with Crippen LogP contribution in [0.25, 0.3) is 0 Å². The third-order valence-electron chi connectivity index (χ3n) is 2.95. The van der Waals surface area contributed by atoms with Crippen LogP contribution in [0.15, 0.2) is 18.2 Å². The van der Waals surface area contributed by atoms with E-state index in [1.807, 2.05) is 0 Å². The summed E-state index contributed by atoms with van der Waals surface area (Å²) in [6.07, 6.45) is 2.86. The lowest BCUT2D eigenvalue weighted by Gasteiger charge is -2.08. The highest BCUT2D eigenvalue weighted by Gasteiger charge is 2.20. The average Bonchev–Trinajstić information content (AvgIpc) is 2.95. The summed E-state index contributed by atoms with van der Waals surface area (Å²) >= 11 is 0. The molecule has 1 nitrogen and oxygen atoms in total. The molecule has 2 rings (SSSR count). The lowest BCUT2D eigenvalue weighted by atomic mass is 10.1. The summed E-state index contributed by atoms with van der Waals surface area (Å²) in [5.41, 5.74) is 4.21. The van der Waals surface area contributed by atoms with Gasteiger partial charge in [0.05, 0.1) is 0 Å². The zero-order chi connectivity index (χ0) is 9.97. The fourth-order valence-electron chi connectivity index (χ4n) is 1.72. The maximum Gasteiger partial charge on any atom is 0.0208 e. The van der Waals surface area contributed by atoms with Crippen molar-refractivity contribution in [3.63, 3.8) is 0 Å². The average molecular weight is 189 g/mol. The number of hydrogen-bond donors (Lipinski definition) is 1. The number of aryl methyl sites for hydroxylation is 2. The first kappa shape index (κ1) is 9.72. The number of benzene rings is 1. The summed E-state index contributed by atoms with van der Waals surface area (Å²) < 4.78 is 0. The van der Waals surface area contributed by atoms with Gasteiger partial charge in [-0.25, -0.2) is 0 Å². The van der Waals surface area contributed by atoms with E-state index in [0.717, 1.165) is 12.5 Å². The van der Waals surface area contributed by atoms with Crippen molar-refractivity contribution in [1.82, 2.24) is 5.32 Å². The second-order valence-electron chi connectivity index (χ2n) is 4.50. The first-order valence-electron chi connectivity index (χ1n) is 5.52. The summed E-state index contributed by atoms with van der Waals surface area (Å²) in [6, 6.07) is 6.68. The Morgan fingerprint density at radius 1 is 1.29 bits per heavy atom. The molecule has 1 aromatic rings. The minimum atomic E-state index is 0.972. The molecule has 0 spiro atoms. The Hall–Kier alpha value is -0.820. The van der Waals surface area contributed by atoms with Crippen molar-refractivity contribution in [2.45, 2.75) is 33.2 Å². The molecule has 0 unspecified atom stereocenters. The van der Waals surface area contributed by atoms with Gasteiger partial charge in [-0.1, -0.05) is 23.8 Å². The van der Waals surface area contributed by atoms with Gasteiger partial charge in [0.1, 0.15) is 0 Å². The van der Waals surface area contributed by atoms with Crippen LogP contribution >= 0.6 is 0 Å². The van der Waals surface area contributed by atoms with E-state index in [2.05, 4.69) is 37.4 Å². The fraction of sp³-hybridized carbons (Fsp3) is 0.538. The predicted molar refractivity (Wildman–Crippen MR) is 60.3 cm³/mol. The van der Waals surface area contributed by atoms with Crippen molar-refractivity contribution >= 4 is 0 Å². The SMILES string of the molecule is Cc1ccc(C)c(CNCC2CC2)c1. The second kappa shape index (κ2) is 4.14. The smallest absolute Gasteiger partial charge is 0.0208 e. The first-order valence-corrected chi connectivity index (χ1v) is 5.52. The molecule has 0 atom stereocenters. The zero-order valence-corrected chi connectivity index (χ0v) is 9.14. The van der Waals surface area contributed by atoms with Crippen LogP contribution in [0, 0.1) is 19.8 Å². The van der Waals surface area contributed by atoms with Gasteiger partial charge in [0.15, 0.2) is 0 Å². The molecule has 0 aromatic heterocycles. The van der Waals surface area contributed by atoms with E-state index >= 15 is 0 Å². The Bertz CT molecular complexity index is 313. The maximum absolute atomic E-state index is 3.53. The lowest BCUT2D eigenvalue weighted by molar-refractivity contribution is 0.637. The van der Waals surface area contributed by atoms with Gasteiger partial charge < -0.3 is 5.32 Å². The molecule has 1 saturated carbocycles. The van der Waals surface area contributed by atoms with Crippen LogP contribution in [0.5, 0.6) is 0 Å². The minimum absolute atomic E-state index is 0.972. The van der Waals surface area contributed by atoms with Crippen molar-refractivity contribution in [2.75, 3.05) is 6.54 Å². The molecule has 0 amide bonds. The third kappa shape index (κ3) is 2.58. The van der Waals surface area contributed by atoms with E-state index in [-0.39, 0.29) is 0 Å². The van der Waals surface area contributed by atoms with Gasteiger partial charge in [0.2, 0.25) is 0 Å². The highest BCUT2D eigenvalue weighted by atomic mass is 14.9. The molecule has 1 aliphatic rings. The lowest BCUT2D eigenvalue weighted by Crippen LogP contribution is -2.16. The van der Waals surface area contributed by atoms with Gasteiger partial charge >= 0.3 is 0 Å². The van der Waals surface area contributed by atoms with Gasteiger partial charge in [-0.15, -0.1) is 0 Å². The second-order valence-corrected chi connectivity index (χ2v) is 4.50. The van der Waals surface area contributed by atoms with Crippen LogP contribution in [-0.2, 0) is 6.54 Å². The highest BCUT2D eigenvalue weighted by molar-refractivity contribution is 5.30. The van der Waals surface area contributed by atoms with Gasteiger partial charge in [0, 0.05) is 6.54 Å². The molecule has 1 aromatic carbocycles.